The molecule has 0 saturated carbocycles. The molecule has 2 rings (SSSR count). The molecule has 1 aliphatic heterocycles. The van der Waals surface area contributed by atoms with E-state index < -0.39 is 0 Å². The van der Waals surface area contributed by atoms with Gasteiger partial charge in [0.15, 0.2) is 0 Å². The van der Waals surface area contributed by atoms with E-state index in [-0.39, 0.29) is 18.1 Å². The van der Waals surface area contributed by atoms with E-state index in [1.807, 2.05) is 25.7 Å². The number of halogens is 1. The van der Waals surface area contributed by atoms with Crippen molar-refractivity contribution in [2.45, 2.75) is 33.0 Å². The molecule has 1 aromatic heterocycles. The molecule has 0 aromatic carbocycles. The van der Waals surface area contributed by atoms with Crippen molar-refractivity contribution in [1.29, 1.82) is 0 Å². The van der Waals surface area contributed by atoms with Crippen LogP contribution in [0.4, 0.5) is 0 Å². The molecule has 1 amide bonds. The summed E-state index contributed by atoms with van der Waals surface area (Å²) in [5, 5.41) is 8.70. The molecule has 1 saturated heterocycles. The first kappa shape index (κ1) is 14.4. The van der Waals surface area contributed by atoms with Gasteiger partial charge in [-0.05, 0) is 26.8 Å². The van der Waals surface area contributed by atoms with E-state index in [0.29, 0.717) is 24.3 Å². The summed E-state index contributed by atoms with van der Waals surface area (Å²) >= 11 is 3.41. The lowest BCUT2D eigenvalue weighted by atomic mass is 10.1. The van der Waals surface area contributed by atoms with Crippen LogP contribution in [0.3, 0.4) is 0 Å². The van der Waals surface area contributed by atoms with Gasteiger partial charge in [0.05, 0.1) is 29.2 Å². The number of carbonyl (C=O) groups excluding carboxylic acids is 1. The highest BCUT2D eigenvalue weighted by Gasteiger charge is 2.29. The number of aromatic nitrogens is 2. The Kier molecular flexibility index (Phi) is 4.52. The summed E-state index contributed by atoms with van der Waals surface area (Å²) in [5.74, 6) is 0.0107. The average molecular weight is 328 g/mol. The van der Waals surface area contributed by atoms with E-state index in [4.69, 9.17) is 4.74 Å². The van der Waals surface area contributed by atoms with Crippen LogP contribution in [-0.4, -0.2) is 51.6 Å². The molecule has 0 radical (unpaired) electrons. The molecular weight excluding hydrogens is 310 g/mol. The van der Waals surface area contributed by atoms with Crippen LogP contribution in [0.1, 0.15) is 28.7 Å². The fourth-order valence-electron chi connectivity index (χ4n) is 2.23. The molecule has 1 aliphatic rings. The van der Waals surface area contributed by atoms with Crippen molar-refractivity contribution in [3.05, 3.63) is 23.0 Å². The molecule has 5 nitrogen and oxygen atoms in total. The lowest BCUT2D eigenvalue weighted by molar-refractivity contribution is -0.0560. The molecule has 104 valence electrons. The van der Waals surface area contributed by atoms with Gasteiger partial charge in [-0.2, -0.15) is 10.2 Å². The third-order valence-electron chi connectivity index (χ3n) is 3.12. The van der Waals surface area contributed by atoms with Crippen molar-refractivity contribution in [3.8, 4) is 0 Å². The van der Waals surface area contributed by atoms with E-state index in [1.54, 1.807) is 6.07 Å². The number of alkyl halides is 1. The molecule has 0 spiro atoms. The first-order valence-corrected chi connectivity index (χ1v) is 7.45. The highest BCUT2D eigenvalue weighted by Crippen LogP contribution is 2.17. The Morgan fingerprint density at radius 1 is 1.47 bits per heavy atom. The highest BCUT2D eigenvalue weighted by atomic mass is 79.9. The smallest absolute Gasteiger partial charge is 0.256 e. The lowest BCUT2D eigenvalue weighted by Crippen LogP contribution is -2.49. The van der Waals surface area contributed by atoms with Crippen LogP contribution in [0.2, 0.25) is 0 Å². The van der Waals surface area contributed by atoms with Crippen molar-refractivity contribution in [1.82, 2.24) is 15.1 Å². The van der Waals surface area contributed by atoms with Crippen LogP contribution in [-0.2, 0) is 4.74 Å². The first-order valence-electron chi connectivity index (χ1n) is 6.33. The number of hydrogen-bond acceptors (Lipinski definition) is 4. The van der Waals surface area contributed by atoms with Gasteiger partial charge in [0.1, 0.15) is 0 Å². The fourth-order valence-corrected chi connectivity index (χ4v) is 2.59. The van der Waals surface area contributed by atoms with Gasteiger partial charge in [-0.3, -0.25) is 4.79 Å². The average Bonchev–Trinajstić information content (AvgIpc) is 2.40. The van der Waals surface area contributed by atoms with Crippen molar-refractivity contribution < 1.29 is 9.53 Å². The minimum atomic E-state index is 0.0107. The minimum Gasteiger partial charge on any atom is -0.371 e. The zero-order chi connectivity index (χ0) is 14.0. The second-order valence-corrected chi connectivity index (χ2v) is 5.57. The van der Waals surface area contributed by atoms with Gasteiger partial charge in [0, 0.05) is 18.4 Å². The van der Waals surface area contributed by atoms with Crippen molar-refractivity contribution in [2.75, 3.05) is 18.4 Å². The van der Waals surface area contributed by atoms with Crippen molar-refractivity contribution in [3.63, 3.8) is 0 Å². The molecular formula is C13H18BrN3O2. The lowest BCUT2D eigenvalue weighted by Gasteiger charge is -2.36. The van der Waals surface area contributed by atoms with Gasteiger partial charge >= 0.3 is 0 Å². The van der Waals surface area contributed by atoms with Crippen LogP contribution >= 0.6 is 15.9 Å². The van der Waals surface area contributed by atoms with Crippen LogP contribution in [0.15, 0.2) is 6.07 Å². The molecule has 19 heavy (non-hydrogen) atoms. The predicted molar refractivity (Wildman–Crippen MR) is 75.5 cm³/mol. The summed E-state index contributed by atoms with van der Waals surface area (Å²) in [7, 11) is 0. The molecule has 2 atom stereocenters. The summed E-state index contributed by atoms with van der Waals surface area (Å²) in [6.45, 7) is 6.86. The molecule has 1 aromatic rings. The molecule has 6 heteroatoms. The van der Waals surface area contributed by atoms with Crippen molar-refractivity contribution >= 4 is 21.8 Å². The standard InChI is InChI=1S/C13H18BrN3O2/c1-8-4-12(10(3)16-15-8)13(18)17-6-9(2)19-11(5-14)7-17/h4,9,11H,5-7H2,1-3H3. The zero-order valence-corrected chi connectivity index (χ0v) is 13.0. The number of morpholine rings is 1. The van der Waals surface area contributed by atoms with Gasteiger partial charge in [-0.25, -0.2) is 0 Å². The number of aryl methyl sites for hydroxylation is 2. The van der Waals surface area contributed by atoms with Crippen LogP contribution in [0, 0.1) is 13.8 Å². The molecule has 2 heterocycles. The minimum absolute atomic E-state index is 0.0107. The number of nitrogens with zero attached hydrogens (tertiary/aromatic N) is 3. The Labute approximate surface area is 121 Å². The third kappa shape index (κ3) is 3.30. The van der Waals surface area contributed by atoms with Gasteiger partial charge in [-0.1, -0.05) is 15.9 Å². The Morgan fingerprint density at radius 2 is 2.21 bits per heavy atom. The van der Waals surface area contributed by atoms with Crippen LogP contribution in [0.25, 0.3) is 0 Å². The molecule has 1 fully saturated rings. The monoisotopic (exact) mass is 327 g/mol. The topological polar surface area (TPSA) is 55.3 Å². The second-order valence-electron chi connectivity index (χ2n) is 4.92. The van der Waals surface area contributed by atoms with E-state index in [2.05, 4.69) is 26.1 Å². The maximum absolute atomic E-state index is 12.6. The predicted octanol–water partition coefficient (Wildman–Crippen LogP) is 1.72. The Morgan fingerprint density at radius 3 is 2.89 bits per heavy atom. The number of ether oxygens (including phenoxy) is 1. The SMILES string of the molecule is Cc1cc(C(=O)N2CC(C)OC(CBr)C2)c(C)nn1. The summed E-state index contributed by atoms with van der Waals surface area (Å²) in [6, 6.07) is 1.80. The number of carbonyl (C=O) groups is 1. The van der Waals surface area contributed by atoms with Crippen LogP contribution in [0.5, 0.6) is 0 Å². The van der Waals surface area contributed by atoms with Gasteiger partial charge in [-0.15, -0.1) is 0 Å². The molecule has 0 N–H and O–H groups in total. The molecule has 0 bridgehead atoms. The van der Waals surface area contributed by atoms with Gasteiger partial charge < -0.3 is 9.64 Å². The Hall–Kier alpha value is -1.01. The van der Waals surface area contributed by atoms with Gasteiger partial charge in [0.25, 0.3) is 5.91 Å². The first-order chi connectivity index (χ1) is 9.01. The van der Waals surface area contributed by atoms with E-state index in [9.17, 15) is 4.79 Å². The quantitative estimate of drug-likeness (QED) is 0.776. The number of rotatable bonds is 2. The Balaban J connectivity index is 2.21. The van der Waals surface area contributed by atoms with E-state index in [1.165, 1.54) is 0 Å². The third-order valence-corrected chi connectivity index (χ3v) is 3.84. The summed E-state index contributed by atoms with van der Waals surface area (Å²) < 4.78 is 5.74. The maximum Gasteiger partial charge on any atom is 0.256 e. The zero-order valence-electron chi connectivity index (χ0n) is 11.4. The fraction of sp³-hybridized carbons (Fsp3) is 0.615. The molecule has 2 unspecified atom stereocenters. The number of amides is 1. The van der Waals surface area contributed by atoms with Crippen molar-refractivity contribution in [2.24, 2.45) is 0 Å². The summed E-state index contributed by atoms with van der Waals surface area (Å²) in [6.07, 6.45) is 0.0975. The van der Waals surface area contributed by atoms with E-state index in [0.717, 1.165) is 11.0 Å². The largest absolute Gasteiger partial charge is 0.371 e. The van der Waals surface area contributed by atoms with E-state index >= 15 is 0 Å². The number of hydrogen-bond donors (Lipinski definition) is 0. The maximum atomic E-state index is 12.6. The Bertz CT molecular complexity index is 481. The molecule has 0 aliphatic carbocycles. The normalized spacial score (nSPS) is 23.5. The summed E-state index contributed by atoms with van der Waals surface area (Å²) in [4.78, 5) is 14.4. The van der Waals surface area contributed by atoms with Gasteiger partial charge in [0.2, 0.25) is 0 Å². The summed E-state index contributed by atoms with van der Waals surface area (Å²) in [5.41, 5.74) is 2.06. The van der Waals surface area contributed by atoms with Crippen LogP contribution < -0.4 is 0 Å². The highest BCUT2D eigenvalue weighted by molar-refractivity contribution is 9.09. The second kappa shape index (κ2) is 5.96.